The summed E-state index contributed by atoms with van der Waals surface area (Å²) in [6.45, 7) is 0.543. The van der Waals surface area contributed by atoms with Crippen molar-refractivity contribution >= 4 is 18.8 Å². The van der Waals surface area contributed by atoms with Gasteiger partial charge in [-0.2, -0.15) is 0 Å². The Bertz CT molecular complexity index is 210. The molecule has 0 atom stereocenters. The second kappa shape index (κ2) is 2.79. The van der Waals surface area contributed by atoms with Crippen LogP contribution < -0.4 is 0 Å². The van der Waals surface area contributed by atoms with Crippen molar-refractivity contribution in [3.63, 3.8) is 0 Å². The lowest BCUT2D eigenvalue weighted by Crippen LogP contribution is -2.20. The molecule has 1 rings (SSSR count). The zero-order valence-electron chi connectivity index (χ0n) is 5.19. The minimum atomic E-state index is -0.945. The second-order valence-corrected chi connectivity index (χ2v) is 2.35. The van der Waals surface area contributed by atoms with Crippen LogP contribution in [0.4, 0.5) is 0 Å². The Balaban J connectivity index is 2.80. The molecule has 1 aliphatic heterocycles. The number of carbonyl (C=O) groups is 1. The molecule has 0 aromatic rings. The average molecular weight is 157 g/mol. The Hall–Kier alpha value is -0.900. The Morgan fingerprint density at radius 1 is 1.80 bits per heavy atom. The van der Waals surface area contributed by atoms with Crippen molar-refractivity contribution in [2.45, 2.75) is 0 Å². The van der Waals surface area contributed by atoms with Crippen LogP contribution in [0.2, 0.25) is 0 Å². The lowest BCUT2D eigenvalue weighted by molar-refractivity contribution is -0.133. The van der Waals surface area contributed by atoms with Gasteiger partial charge in [-0.1, -0.05) is 25.0 Å². The molecule has 0 radical (unpaired) electrons. The first-order chi connectivity index (χ1) is 4.72. The molecule has 0 aliphatic carbocycles. The third kappa shape index (κ3) is 1.33. The molecule has 4 heteroatoms. The molecule has 0 amide bonds. The van der Waals surface area contributed by atoms with E-state index in [1.165, 1.54) is 10.4 Å². The molecule has 0 spiro atoms. The van der Waals surface area contributed by atoms with Crippen molar-refractivity contribution in [3.8, 4) is 0 Å². The highest BCUT2D eigenvalue weighted by atomic mass is 32.1. The van der Waals surface area contributed by atoms with Gasteiger partial charge in [0.2, 0.25) is 0 Å². The van der Waals surface area contributed by atoms with E-state index in [1.807, 2.05) is 6.08 Å². The predicted molar refractivity (Wildman–Crippen MR) is 40.6 cm³/mol. The number of carboxylic acid groups (broad SMARTS) is 1. The van der Waals surface area contributed by atoms with Crippen LogP contribution in [0.3, 0.4) is 0 Å². The molecule has 0 unspecified atom stereocenters. The topological polar surface area (TPSA) is 40.5 Å². The molecule has 1 heterocycles. The lowest BCUT2D eigenvalue weighted by Gasteiger charge is -2.17. The first-order valence-corrected chi connectivity index (χ1v) is 3.18. The first-order valence-electron chi connectivity index (χ1n) is 2.78. The number of aliphatic carboxylic acids is 1. The van der Waals surface area contributed by atoms with Crippen molar-refractivity contribution in [2.75, 3.05) is 6.54 Å². The quantitative estimate of drug-likeness (QED) is 0.550. The third-order valence-corrected chi connectivity index (χ3v) is 1.54. The van der Waals surface area contributed by atoms with Crippen molar-refractivity contribution in [1.29, 1.82) is 0 Å². The molecular formula is C6H7NO2S. The standard InChI is InChI=1S/C6H7NO2S/c8-6(9)5-3-1-2-4-7(5)10/h1-3,10H,4H2,(H,8,9). The summed E-state index contributed by atoms with van der Waals surface area (Å²) in [6.07, 6.45) is 5.05. The van der Waals surface area contributed by atoms with Gasteiger partial charge in [-0.05, 0) is 6.08 Å². The van der Waals surface area contributed by atoms with Crippen molar-refractivity contribution in [2.24, 2.45) is 0 Å². The fourth-order valence-corrected chi connectivity index (χ4v) is 0.932. The number of allylic oxidation sites excluding steroid dienone is 2. The summed E-state index contributed by atoms with van der Waals surface area (Å²) in [7, 11) is 0. The smallest absolute Gasteiger partial charge is 0.353 e. The van der Waals surface area contributed by atoms with Crippen LogP contribution in [-0.4, -0.2) is 21.9 Å². The van der Waals surface area contributed by atoms with E-state index in [0.29, 0.717) is 6.54 Å². The number of nitrogens with zero attached hydrogens (tertiary/aromatic N) is 1. The van der Waals surface area contributed by atoms with Crippen molar-refractivity contribution in [3.05, 3.63) is 23.9 Å². The molecule has 0 bridgehead atoms. The minimum Gasteiger partial charge on any atom is -0.477 e. The Morgan fingerprint density at radius 3 is 2.90 bits per heavy atom. The maximum Gasteiger partial charge on any atom is 0.353 e. The van der Waals surface area contributed by atoms with E-state index in [9.17, 15) is 4.79 Å². The maximum atomic E-state index is 10.4. The second-order valence-electron chi connectivity index (χ2n) is 1.87. The van der Waals surface area contributed by atoms with E-state index in [0.717, 1.165) is 0 Å². The molecule has 0 saturated heterocycles. The summed E-state index contributed by atoms with van der Waals surface area (Å²) in [4.78, 5) is 10.4. The zero-order chi connectivity index (χ0) is 7.56. The van der Waals surface area contributed by atoms with Gasteiger partial charge in [-0.3, -0.25) is 0 Å². The van der Waals surface area contributed by atoms with E-state index in [-0.39, 0.29) is 5.70 Å². The molecule has 0 aromatic heterocycles. The van der Waals surface area contributed by atoms with Crippen LogP contribution in [0, 0.1) is 0 Å². The normalized spacial score (nSPS) is 16.9. The van der Waals surface area contributed by atoms with Crippen LogP contribution in [0.5, 0.6) is 0 Å². The average Bonchev–Trinajstić information content (AvgIpc) is 1.88. The monoisotopic (exact) mass is 157 g/mol. The van der Waals surface area contributed by atoms with Gasteiger partial charge in [0.1, 0.15) is 5.70 Å². The van der Waals surface area contributed by atoms with Crippen LogP contribution in [0.1, 0.15) is 0 Å². The number of carboxylic acids is 1. The Kier molecular flexibility index (Phi) is 2.01. The Morgan fingerprint density at radius 2 is 2.50 bits per heavy atom. The fraction of sp³-hybridized carbons (Fsp3) is 0.167. The van der Waals surface area contributed by atoms with Gasteiger partial charge in [0.25, 0.3) is 0 Å². The van der Waals surface area contributed by atoms with Gasteiger partial charge in [-0.15, -0.1) is 0 Å². The maximum absolute atomic E-state index is 10.4. The van der Waals surface area contributed by atoms with E-state index in [4.69, 9.17) is 5.11 Å². The van der Waals surface area contributed by atoms with Gasteiger partial charge >= 0.3 is 5.97 Å². The van der Waals surface area contributed by atoms with Gasteiger partial charge in [0, 0.05) is 6.54 Å². The number of thiol groups is 1. The van der Waals surface area contributed by atoms with Crippen LogP contribution >= 0.6 is 12.8 Å². The first kappa shape index (κ1) is 7.21. The van der Waals surface area contributed by atoms with E-state index in [1.54, 1.807) is 6.08 Å². The van der Waals surface area contributed by atoms with Crippen LogP contribution in [0.15, 0.2) is 23.9 Å². The van der Waals surface area contributed by atoms with Gasteiger partial charge in [-0.25, -0.2) is 4.79 Å². The summed E-state index contributed by atoms with van der Waals surface area (Å²) in [5.41, 5.74) is 0.214. The molecule has 54 valence electrons. The lowest BCUT2D eigenvalue weighted by atomic mass is 10.3. The summed E-state index contributed by atoms with van der Waals surface area (Å²) >= 11 is 3.93. The van der Waals surface area contributed by atoms with E-state index in [2.05, 4.69) is 12.8 Å². The van der Waals surface area contributed by atoms with Gasteiger partial charge < -0.3 is 9.41 Å². The molecule has 10 heavy (non-hydrogen) atoms. The summed E-state index contributed by atoms with van der Waals surface area (Å²) in [5.74, 6) is -0.945. The van der Waals surface area contributed by atoms with E-state index >= 15 is 0 Å². The third-order valence-electron chi connectivity index (χ3n) is 1.17. The molecule has 3 nitrogen and oxygen atoms in total. The molecule has 0 aromatic carbocycles. The number of rotatable bonds is 1. The summed E-state index contributed by atoms with van der Waals surface area (Å²) in [5, 5.41) is 8.52. The van der Waals surface area contributed by atoms with Gasteiger partial charge in [0.15, 0.2) is 0 Å². The minimum absolute atomic E-state index is 0.214. The molecule has 1 aliphatic rings. The highest BCUT2D eigenvalue weighted by Crippen LogP contribution is 2.11. The Labute approximate surface area is 64.2 Å². The predicted octanol–water partition coefficient (Wildman–Crippen LogP) is 0.671. The summed E-state index contributed by atoms with van der Waals surface area (Å²) < 4.78 is 1.38. The van der Waals surface area contributed by atoms with Crippen molar-refractivity contribution < 1.29 is 9.90 Å². The molecular weight excluding hydrogens is 150 g/mol. The summed E-state index contributed by atoms with van der Waals surface area (Å²) in [6, 6.07) is 0. The number of hydrogen-bond donors (Lipinski definition) is 2. The van der Waals surface area contributed by atoms with Crippen LogP contribution in [0.25, 0.3) is 0 Å². The fourth-order valence-electron chi connectivity index (χ4n) is 0.686. The largest absolute Gasteiger partial charge is 0.477 e. The molecule has 0 saturated carbocycles. The highest BCUT2D eigenvalue weighted by molar-refractivity contribution is 7.77. The molecule has 0 fully saturated rings. The van der Waals surface area contributed by atoms with Gasteiger partial charge in [0.05, 0.1) is 0 Å². The highest BCUT2D eigenvalue weighted by Gasteiger charge is 2.13. The van der Waals surface area contributed by atoms with E-state index < -0.39 is 5.97 Å². The number of hydrogen-bond acceptors (Lipinski definition) is 3. The van der Waals surface area contributed by atoms with Crippen LogP contribution in [-0.2, 0) is 4.79 Å². The SMILES string of the molecule is O=C(O)C1=CC=CCN1S. The molecule has 1 N–H and O–H groups in total. The zero-order valence-corrected chi connectivity index (χ0v) is 6.08. The van der Waals surface area contributed by atoms with Crippen molar-refractivity contribution in [1.82, 2.24) is 4.31 Å².